The van der Waals surface area contributed by atoms with Gasteiger partial charge >= 0.3 is 6.01 Å². The van der Waals surface area contributed by atoms with Gasteiger partial charge in [0.1, 0.15) is 0 Å². The summed E-state index contributed by atoms with van der Waals surface area (Å²) >= 11 is 0. The lowest BCUT2D eigenvalue weighted by Gasteiger charge is -2.08. The Balaban J connectivity index is 2.41. The summed E-state index contributed by atoms with van der Waals surface area (Å²) in [5, 5.41) is 0. The Morgan fingerprint density at radius 2 is 1.95 bits per heavy atom. The maximum atomic E-state index is 5.71. The van der Waals surface area contributed by atoms with Crippen molar-refractivity contribution in [1.82, 2.24) is 15.0 Å². The standard InChI is InChI=1S/C14H18N4O/c1-4-7-19-14-17-12(16-13(15)18-14)11-6-5-9(2)8-10(11)3/h5-6,8H,4,7H2,1-3H3,(H2,15,16,17,18). The van der Waals surface area contributed by atoms with Crippen LogP contribution in [0.3, 0.4) is 0 Å². The van der Waals surface area contributed by atoms with Crippen molar-refractivity contribution >= 4 is 5.95 Å². The zero-order chi connectivity index (χ0) is 13.8. The molecule has 1 aromatic carbocycles. The van der Waals surface area contributed by atoms with Crippen molar-refractivity contribution in [1.29, 1.82) is 0 Å². The van der Waals surface area contributed by atoms with Gasteiger partial charge in [0.15, 0.2) is 5.82 Å². The Labute approximate surface area is 112 Å². The molecule has 0 aliphatic rings. The van der Waals surface area contributed by atoms with Crippen molar-refractivity contribution in [3.05, 3.63) is 29.3 Å². The summed E-state index contributed by atoms with van der Waals surface area (Å²) in [4.78, 5) is 12.5. The van der Waals surface area contributed by atoms with Gasteiger partial charge in [-0.25, -0.2) is 0 Å². The van der Waals surface area contributed by atoms with Crippen molar-refractivity contribution in [2.45, 2.75) is 27.2 Å². The number of hydrogen-bond acceptors (Lipinski definition) is 5. The minimum Gasteiger partial charge on any atom is -0.463 e. The molecule has 19 heavy (non-hydrogen) atoms. The van der Waals surface area contributed by atoms with Gasteiger partial charge in [-0.2, -0.15) is 15.0 Å². The molecule has 5 nitrogen and oxygen atoms in total. The lowest BCUT2D eigenvalue weighted by Crippen LogP contribution is -2.06. The molecule has 1 heterocycles. The minimum absolute atomic E-state index is 0.177. The summed E-state index contributed by atoms with van der Waals surface area (Å²) in [6.45, 7) is 6.66. The molecule has 2 aromatic rings. The van der Waals surface area contributed by atoms with Gasteiger partial charge in [-0.05, 0) is 25.8 Å². The average molecular weight is 258 g/mol. The van der Waals surface area contributed by atoms with Crippen molar-refractivity contribution in [2.24, 2.45) is 0 Å². The molecule has 0 bridgehead atoms. The molecule has 0 aliphatic carbocycles. The molecule has 0 saturated heterocycles. The van der Waals surface area contributed by atoms with Gasteiger partial charge in [-0.3, -0.25) is 0 Å². The topological polar surface area (TPSA) is 73.9 Å². The first-order chi connectivity index (χ1) is 9.10. The highest BCUT2D eigenvalue weighted by molar-refractivity contribution is 5.61. The van der Waals surface area contributed by atoms with E-state index in [1.807, 2.05) is 32.9 Å². The van der Waals surface area contributed by atoms with Gasteiger partial charge in [0.25, 0.3) is 0 Å². The van der Waals surface area contributed by atoms with E-state index < -0.39 is 0 Å². The van der Waals surface area contributed by atoms with E-state index in [9.17, 15) is 0 Å². The predicted molar refractivity (Wildman–Crippen MR) is 74.9 cm³/mol. The summed E-state index contributed by atoms with van der Waals surface area (Å²) < 4.78 is 5.42. The van der Waals surface area contributed by atoms with Gasteiger partial charge < -0.3 is 10.5 Å². The summed E-state index contributed by atoms with van der Waals surface area (Å²) in [7, 11) is 0. The molecule has 0 radical (unpaired) electrons. The molecule has 2 rings (SSSR count). The smallest absolute Gasteiger partial charge is 0.321 e. The molecule has 5 heteroatoms. The van der Waals surface area contributed by atoms with E-state index in [2.05, 4.69) is 21.0 Å². The number of aromatic nitrogens is 3. The first kappa shape index (κ1) is 13.3. The zero-order valence-corrected chi connectivity index (χ0v) is 11.5. The number of ether oxygens (including phenoxy) is 1. The minimum atomic E-state index is 0.177. The molecular weight excluding hydrogens is 240 g/mol. The predicted octanol–water partition coefficient (Wildman–Crippen LogP) is 2.53. The Morgan fingerprint density at radius 3 is 2.63 bits per heavy atom. The summed E-state index contributed by atoms with van der Waals surface area (Å²) in [5.74, 6) is 0.729. The summed E-state index contributed by atoms with van der Waals surface area (Å²) in [5.41, 5.74) is 8.96. The summed E-state index contributed by atoms with van der Waals surface area (Å²) in [6, 6.07) is 6.38. The van der Waals surface area contributed by atoms with Crippen LogP contribution in [0.25, 0.3) is 11.4 Å². The first-order valence-corrected chi connectivity index (χ1v) is 6.32. The fraction of sp³-hybridized carbons (Fsp3) is 0.357. The van der Waals surface area contributed by atoms with Gasteiger partial charge in [0, 0.05) is 5.56 Å². The SMILES string of the molecule is CCCOc1nc(N)nc(-c2ccc(C)cc2C)n1. The fourth-order valence-electron chi connectivity index (χ4n) is 1.81. The van der Waals surface area contributed by atoms with Crippen LogP contribution in [0.15, 0.2) is 18.2 Å². The number of nitrogens with two attached hydrogens (primary N) is 1. The van der Waals surface area contributed by atoms with E-state index >= 15 is 0 Å². The molecule has 0 amide bonds. The molecule has 0 saturated carbocycles. The van der Waals surface area contributed by atoms with Gasteiger partial charge in [0.2, 0.25) is 5.95 Å². The number of benzene rings is 1. The molecule has 1 aromatic heterocycles. The van der Waals surface area contributed by atoms with Crippen molar-refractivity contribution in [3.63, 3.8) is 0 Å². The molecule has 0 unspecified atom stereocenters. The second-order valence-corrected chi connectivity index (χ2v) is 4.47. The highest BCUT2D eigenvalue weighted by Crippen LogP contribution is 2.22. The van der Waals surface area contributed by atoms with E-state index in [1.165, 1.54) is 5.56 Å². The largest absolute Gasteiger partial charge is 0.463 e. The first-order valence-electron chi connectivity index (χ1n) is 6.32. The molecule has 100 valence electrons. The fourth-order valence-corrected chi connectivity index (χ4v) is 1.81. The van der Waals surface area contributed by atoms with E-state index in [4.69, 9.17) is 10.5 Å². The van der Waals surface area contributed by atoms with Crippen molar-refractivity contribution in [3.8, 4) is 17.4 Å². The van der Waals surface area contributed by atoms with Gasteiger partial charge in [-0.15, -0.1) is 0 Å². The third kappa shape index (κ3) is 3.19. The van der Waals surface area contributed by atoms with Crippen molar-refractivity contribution in [2.75, 3.05) is 12.3 Å². The second-order valence-electron chi connectivity index (χ2n) is 4.47. The van der Waals surface area contributed by atoms with E-state index in [1.54, 1.807) is 0 Å². The second kappa shape index (κ2) is 5.65. The van der Waals surface area contributed by atoms with Crippen LogP contribution in [0, 0.1) is 13.8 Å². The maximum absolute atomic E-state index is 5.71. The van der Waals surface area contributed by atoms with Crippen LogP contribution >= 0.6 is 0 Å². The van der Waals surface area contributed by atoms with Crippen LogP contribution in [0.1, 0.15) is 24.5 Å². The summed E-state index contributed by atoms with van der Waals surface area (Å²) in [6.07, 6.45) is 0.893. The number of nitrogens with zero attached hydrogens (tertiary/aromatic N) is 3. The molecule has 2 N–H and O–H groups in total. The van der Waals surface area contributed by atoms with Crippen LogP contribution < -0.4 is 10.5 Å². The van der Waals surface area contributed by atoms with Crippen molar-refractivity contribution < 1.29 is 4.74 Å². The Morgan fingerprint density at radius 1 is 1.16 bits per heavy atom. The Bertz CT molecular complexity index is 584. The van der Waals surface area contributed by atoms with Crippen LogP contribution in [0.2, 0.25) is 0 Å². The lowest BCUT2D eigenvalue weighted by atomic mass is 10.1. The molecule has 0 spiro atoms. The average Bonchev–Trinajstić information content (AvgIpc) is 2.35. The highest BCUT2D eigenvalue weighted by atomic mass is 16.5. The molecule has 0 atom stereocenters. The van der Waals surface area contributed by atoms with E-state index in [0.29, 0.717) is 12.4 Å². The molecular formula is C14H18N4O. The monoisotopic (exact) mass is 258 g/mol. The van der Waals surface area contributed by atoms with Crippen LogP contribution in [0.4, 0.5) is 5.95 Å². The normalized spacial score (nSPS) is 10.5. The third-order valence-corrected chi connectivity index (χ3v) is 2.69. The molecule has 0 aliphatic heterocycles. The quantitative estimate of drug-likeness (QED) is 0.912. The van der Waals surface area contributed by atoms with Crippen LogP contribution in [-0.2, 0) is 0 Å². The van der Waals surface area contributed by atoms with Crippen LogP contribution in [0.5, 0.6) is 6.01 Å². The number of hydrogen-bond donors (Lipinski definition) is 1. The zero-order valence-electron chi connectivity index (χ0n) is 11.5. The third-order valence-electron chi connectivity index (χ3n) is 2.69. The van der Waals surface area contributed by atoms with E-state index in [0.717, 1.165) is 17.5 Å². The molecule has 0 fully saturated rings. The lowest BCUT2D eigenvalue weighted by molar-refractivity contribution is 0.292. The number of anilines is 1. The number of rotatable bonds is 4. The highest BCUT2D eigenvalue weighted by Gasteiger charge is 2.10. The Kier molecular flexibility index (Phi) is 3.94. The van der Waals surface area contributed by atoms with Gasteiger partial charge in [0.05, 0.1) is 6.61 Å². The van der Waals surface area contributed by atoms with Gasteiger partial charge in [-0.1, -0.05) is 30.7 Å². The van der Waals surface area contributed by atoms with E-state index in [-0.39, 0.29) is 12.0 Å². The Hall–Kier alpha value is -2.17. The number of aryl methyl sites for hydroxylation is 2. The maximum Gasteiger partial charge on any atom is 0.321 e. The number of nitrogen functional groups attached to an aromatic ring is 1. The van der Waals surface area contributed by atoms with Crippen LogP contribution in [-0.4, -0.2) is 21.6 Å².